The molecular formula is C70H133NO5. The Hall–Kier alpha value is -1.92. The highest BCUT2D eigenvalue weighted by molar-refractivity contribution is 5.76. The van der Waals surface area contributed by atoms with Crippen LogP contribution in [0.15, 0.2) is 36.5 Å². The van der Waals surface area contributed by atoms with E-state index in [1.807, 2.05) is 6.08 Å². The first kappa shape index (κ1) is 74.1. The van der Waals surface area contributed by atoms with Crippen molar-refractivity contribution >= 4 is 11.9 Å². The van der Waals surface area contributed by atoms with Gasteiger partial charge in [-0.2, -0.15) is 0 Å². The maximum Gasteiger partial charge on any atom is 0.305 e. The zero-order chi connectivity index (χ0) is 55.0. The van der Waals surface area contributed by atoms with E-state index >= 15 is 0 Å². The van der Waals surface area contributed by atoms with Crippen molar-refractivity contribution in [2.75, 3.05) is 13.2 Å². The highest BCUT2D eigenvalue weighted by Crippen LogP contribution is 2.18. The molecule has 0 aliphatic carbocycles. The molecule has 448 valence electrons. The molecule has 0 rings (SSSR count). The van der Waals surface area contributed by atoms with Gasteiger partial charge < -0.3 is 20.3 Å². The molecule has 2 unspecified atom stereocenters. The first-order chi connectivity index (χ1) is 37.5. The van der Waals surface area contributed by atoms with Gasteiger partial charge in [-0.15, -0.1) is 0 Å². The lowest BCUT2D eigenvalue weighted by Gasteiger charge is -2.20. The van der Waals surface area contributed by atoms with Gasteiger partial charge in [0.1, 0.15) is 0 Å². The summed E-state index contributed by atoms with van der Waals surface area (Å²) in [7, 11) is 0. The Bertz CT molecular complexity index is 1230. The maximum absolute atomic E-state index is 12.5. The first-order valence-corrected chi connectivity index (χ1v) is 34.3. The molecule has 0 saturated heterocycles. The molecular weight excluding hydrogens is 935 g/mol. The number of aliphatic hydroxyl groups excluding tert-OH is 2. The molecule has 0 aromatic carbocycles. The average Bonchev–Trinajstić information content (AvgIpc) is 3.42. The molecule has 6 heteroatoms. The SMILES string of the molecule is CCCCCC/C=C\CCCCCCCC(=O)OCCCCCCCCCCCCCC/C=C\CCCCCCCCCCCCCC(=O)NC(CO)C(O)/C=C/CCCCCCCCCCCCCCCCCCC. The monoisotopic (exact) mass is 1070 g/mol. The molecule has 6 nitrogen and oxygen atoms in total. The molecule has 0 heterocycles. The fraction of sp³-hybridized carbons (Fsp3) is 0.886. The third-order valence-corrected chi connectivity index (χ3v) is 15.9. The molecule has 0 aliphatic rings. The van der Waals surface area contributed by atoms with Crippen LogP contribution < -0.4 is 5.32 Å². The van der Waals surface area contributed by atoms with Gasteiger partial charge in [0.2, 0.25) is 5.91 Å². The molecule has 1 amide bonds. The summed E-state index contributed by atoms with van der Waals surface area (Å²) in [5, 5.41) is 23.2. The fourth-order valence-corrected chi connectivity index (χ4v) is 10.6. The minimum Gasteiger partial charge on any atom is -0.466 e. The van der Waals surface area contributed by atoms with Crippen LogP contribution in [0.5, 0.6) is 0 Å². The molecule has 0 fully saturated rings. The van der Waals surface area contributed by atoms with Crippen LogP contribution in [-0.2, 0) is 14.3 Å². The summed E-state index contributed by atoms with van der Waals surface area (Å²) >= 11 is 0. The van der Waals surface area contributed by atoms with Gasteiger partial charge in [-0.05, 0) is 83.5 Å². The molecule has 0 bridgehead atoms. The van der Waals surface area contributed by atoms with Crippen LogP contribution in [0.25, 0.3) is 0 Å². The van der Waals surface area contributed by atoms with E-state index in [2.05, 4.69) is 43.5 Å². The summed E-state index contributed by atoms with van der Waals surface area (Å²) in [6.45, 7) is 4.91. The number of amides is 1. The van der Waals surface area contributed by atoms with Gasteiger partial charge in [-0.3, -0.25) is 9.59 Å². The van der Waals surface area contributed by atoms with E-state index in [4.69, 9.17) is 4.74 Å². The Morgan fingerprint density at radius 3 is 0.947 bits per heavy atom. The number of nitrogens with one attached hydrogen (secondary N) is 1. The van der Waals surface area contributed by atoms with E-state index in [9.17, 15) is 19.8 Å². The number of hydrogen-bond donors (Lipinski definition) is 3. The van der Waals surface area contributed by atoms with Crippen LogP contribution in [0.3, 0.4) is 0 Å². The lowest BCUT2D eigenvalue weighted by Crippen LogP contribution is -2.45. The molecule has 0 aromatic rings. The second-order valence-electron chi connectivity index (χ2n) is 23.5. The Morgan fingerprint density at radius 1 is 0.355 bits per heavy atom. The second-order valence-corrected chi connectivity index (χ2v) is 23.5. The predicted octanol–water partition coefficient (Wildman–Crippen LogP) is 21.9. The normalized spacial score (nSPS) is 12.7. The summed E-state index contributed by atoms with van der Waals surface area (Å²) in [5.74, 6) is -0.0602. The van der Waals surface area contributed by atoms with Crippen LogP contribution >= 0.6 is 0 Å². The lowest BCUT2D eigenvalue weighted by molar-refractivity contribution is -0.143. The summed E-state index contributed by atoms with van der Waals surface area (Å²) in [6.07, 6.45) is 83.5. The Balaban J connectivity index is 3.41. The Labute approximate surface area is 474 Å². The van der Waals surface area contributed by atoms with Gasteiger partial charge in [-0.1, -0.05) is 314 Å². The van der Waals surface area contributed by atoms with Crippen molar-refractivity contribution in [3.05, 3.63) is 36.5 Å². The first-order valence-electron chi connectivity index (χ1n) is 34.3. The van der Waals surface area contributed by atoms with E-state index in [1.165, 1.54) is 302 Å². The maximum atomic E-state index is 12.5. The third-order valence-electron chi connectivity index (χ3n) is 15.9. The minimum atomic E-state index is -0.846. The summed E-state index contributed by atoms with van der Waals surface area (Å²) < 4.78 is 5.48. The highest BCUT2D eigenvalue weighted by atomic mass is 16.5. The van der Waals surface area contributed by atoms with Crippen LogP contribution in [-0.4, -0.2) is 47.4 Å². The zero-order valence-electron chi connectivity index (χ0n) is 51.3. The minimum absolute atomic E-state index is 0.00570. The number of ether oxygens (including phenoxy) is 1. The van der Waals surface area contributed by atoms with Gasteiger partial charge >= 0.3 is 5.97 Å². The quantitative estimate of drug-likeness (QED) is 0.0320. The zero-order valence-corrected chi connectivity index (χ0v) is 51.3. The number of carbonyl (C=O) groups is 2. The summed E-state index contributed by atoms with van der Waals surface area (Å²) in [6, 6.07) is -0.629. The fourth-order valence-electron chi connectivity index (χ4n) is 10.6. The molecule has 0 radical (unpaired) electrons. The lowest BCUT2D eigenvalue weighted by atomic mass is 10.0. The number of unbranched alkanes of at least 4 members (excludes halogenated alkanes) is 49. The largest absolute Gasteiger partial charge is 0.466 e. The predicted molar refractivity (Wildman–Crippen MR) is 333 cm³/mol. The van der Waals surface area contributed by atoms with Crippen molar-refractivity contribution in [1.82, 2.24) is 5.32 Å². The van der Waals surface area contributed by atoms with Gasteiger partial charge in [0.05, 0.1) is 25.4 Å². The van der Waals surface area contributed by atoms with Gasteiger partial charge in [-0.25, -0.2) is 0 Å². The van der Waals surface area contributed by atoms with Gasteiger partial charge in [0.25, 0.3) is 0 Å². The highest BCUT2D eigenvalue weighted by Gasteiger charge is 2.18. The molecule has 0 saturated carbocycles. The van der Waals surface area contributed by atoms with Crippen molar-refractivity contribution in [3.63, 3.8) is 0 Å². The van der Waals surface area contributed by atoms with Crippen LogP contribution in [0.2, 0.25) is 0 Å². The summed E-state index contributed by atoms with van der Waals surface area (Å²) in [5.41, 5.74) is 0. The van der Waals surface area contributed by atoms with E-state index in [1.54, 1.807) is 6.08 Å². The smallest absolute Gasteiger partial charge is 0.305 e. The van der Waals surface area contributed by atoms with Crippen LogP contribution in [0.1, 0.15) is 373 Å². The molecule has 0 spiro atoms. The van der Waals surface area contributed by atoms with Crippen LogP contribution in [0, 0.1) is 0 Å². The van der Waals surface area contributed by atoms with Gasteiger partial charge in [0, 0.05) is 12.8 Å². The van der Waals surface area contributed by atoms with Crippen molar-refractivity contribution in [3.8, 4) is 0 Å². The average molecular weight is 1070 g/mol. The van der Waals surface area contributed by atoms with E-state index in [0.29, 0.717) is 19.4 Å². The topological polar surface area (TPSA) is 95.9 Å². The molecule has 2 atom stereocenters. The third kappa shape index (κ3) is 61.3. The van der Waals surface area contributed by atoms with Gasteiger partial charge in [0.15, 0.2) is 0 Å². The number of allylic oxidation sites excluding steroid dienone is 5. The number of esters is 1. The van der Waals surface area contributed by atoms with E-state index in [-0.39, 0.29) is 18.5 Å². The standard InChI is InChI=1S/C70H133NO5/c1-3-5-7-9-11-13-15-17-18-19-29-32-35-39-42-46-50-54-58-62-68(73)67(66-72)71-69(74)63-59-55-51-47-43-40-36-33-30-27-25-23-21-20-22-24-26-28-31-34-37-41-45-49-53-57-61-65-76-70(75)64-60-56-52-48-44-38-16-14-12-10-8-6-4-2/h14,16,20-21,58,62,67-68,72-73H,3-13,15,17-19,22-57,59-61,63-66H2,1-2H3,(H,71,74)/b16-14-,21-20-,62-58+. The number of aliphatic hydroxyl groups is 2. The molecule has 3 N–H and O–H groups in total. The van der Waals surface area contributed by atoms with Crippen molar-refractivity contribution in [1.29, 1.82) is 0 Å². The summed E-state index contributed by atoms with van der Waals surface area (Å²) in [4.78, 5) is 24.5. The molecule has 0 aromatic heterocycles. The van der Waals surface area contributed by atoms with Crippen molar-refractivity contribution < 1.29 is 24.5 Å². The van der Waals surface area contributed by atoms with Crippen molar-refractivity contribution in [2.45, 2.75) is 386 Å². The second kappa shape index (κ2) is 65.6. The number of hydrogen-bond acceptors (Lipinski definition) is 5. The van der Waals surface area contributed by atoms with Crippen LogP contribution in [0.4, 0.5) is 0 Å². The Kier molecular flexibility index (Phi) is 63.9. The Morgan fingerprint density at radius 2 is 0.618 bits per heavy atom. The number of rotatable bonds is 64. The van der Waals surface area contributed by atoms with E-state index in [0.717, 1.165) is 44.9 Å². The molecule has 0 aliphatic heterocycles. The number of carbonyl (C=O) groups excluding carboxylic acids is 2. The van der Waals surface area contributed by atoms with Crippen molar-refractivity contribution in [2.24, 2.45) is 0 Å². The molecule has 76 heavy (non-hydrogen) atoms. The van der Waals surface area contributed by atoms with E-state index < -0.39 is 12.1 Å².